The molecule has 0 saturated carbocycles. The Labute approximate surface area is 96.7 Å². The molecule has 0 fully saturated rings. The van der Waals surface area contributed by atoms with Crippen LogP contribution in [-0.4, -0.2) is 49.8 Å². The second kappa shape index (κ2) is 7.38. The number of hydrogen-bond donors (Lipinski definition) is 1. The van der Waals surface area contributed by atoms with Gasteiger partial charge in [0.05, 0.1) is 18.9 Å². The van der Waals surface area contributed by atoms with Gasteiger partial charge in [0.25, 0.3) is 0 Å². The van der Waals surface area contributed by atoms with Crippen LogP contribution in [0.1, 0.15) is 5.56 Å². The summed E-state index contributed by atoms with van der Waals surface area (Å²) in [5.74, 6) is 0. The second-order valence-electron chi connectivity index (χ2n) is 3.79. The third-order valence-corrected chi connectivity index (χ3v) is 2.41. The molecule has 0 radical (unpaired) electrons. The molecule has 5 heteroatoms. The monoisotopic (exact) mass is 227 g/mol. The highest BCUT2D eigenvalue weighted by Gasteiger charge is 2.05. The van der Waals surface area contributed by atoms with E-state index in [4.69, 9.17) is 9.47 Å². The van der Waals surface area contributed by atoms with Gasteiger partial charge < -0.3 is 14.8 Å². The fourth-order valence-electron chi connectivity index (χ4n) is 1.49. The molecule has 0 aliphatic carbocycles. The largest absolute Gasteiger partial charge is 0.382 e. The molecule has 0 aromatic carbocycles. The Morgan fingerprint density at radius 2 is 2.31 bits per heavy atom. The normalized spacial score (nSPS) is 12.9. The van der Waals surface area contributed by atoms with E-state index in [-0.39, 0.29) is 6.10 Å². The van der Waals surface area contributed by atoms with Crippen molar-refractivity contribution in [3.8, 4) is 0 Å². The summed E-state index contributed by atoms with van der Waals surface area (Å²) in [6, 6.07) is 0. The van der Waals surface area contributed by atoms with Crippen molar-refractivity contribution in [3.05, 3.63) is 18.0 Å². The fraction of sp³-hybridized carbons (Fsp3) is 0.727. The number of methoxy groups -OCH3 is 2. The van der Waals surface area contributed by atoms with Gasteiger partial charge in [0, 0.05) is 34.0 Å². The van der Waals surface area contributed by atoms with Gasteiger partial charge in [-0.2, -0.15) is 5.10 Å². The third kappa shape index (κ3) is 4.74. The van der Waals surface area contributed by atoms with Crippen LogP contribution >= 0.6 is 0 Å². The summed E-state index contributed by atoms with van der Waals surface area (Å²) >= 11 is 0. The van der Waals surface area contributed by atoms with Crippen LogP contribution in [0.4, 0.5) is 0 Å². The molecule has 92 valence electrons. The summed E-state index contributed by atoms with van der Waals surface area (Å²) in [6.45, 7) is 2.36. The zero-order chi connectivity index (χ0) is 11.8. The summed E-state index contributed by atoms with van der Waals surface area (Å²) < 4.78 is 12.1. The highest BCUT2D eigenvalue weighted by atomic mass is 16.5. The molecule has 0 spiro atoms. The van der Waals surface area contributed by atoms with Gasteiger partial charge in [-0.1, -0.05) is 0 Å². The van der Waals surface area contributed by atoms with Crippen LogP contribution in [0.2, 0.25) is 0 Å². The molecule has 1 heterocycles. The SMILES string of the molecule is COCC(CNCCc1cnn(C)c1)OC. The minimum Gasteiger partial charge on any atom is -0.382 e. The summed E-state index contributed by atoms with van der Waals surface area (Å²) in [6.07, 6.45) is 5.03. The standard InChI is InChI=1S/C11H21N3O2/c1-14-8-10(6-13-14)4-5-12-7-11(16-3)9-15-2/h6,8,11-12H,4-5,7,9H2,1-3H3. The molecule has 5 nitrogen and oxygen atoms in total. The molecule has 1 N–H and O–H groups in total. The van der Waals surface area contributed by atoms with Gasteiger partial charge >= 0.3 is 0 Å². The van der Waals surface area contributed by atoms with Crippen molar-refractivity contribution >= 4 is 0 Å². The lowest BCUT2D eigenvalue weighted by molar-refractivity contribution is 0.0291. The van der Waals surface area contributed by atoms with Crippen LogP contribution in [0.3, 0.4) is 0 Å². The number of aryl methyl sites for hydroxylation is 1. The van der Waals surface area contributed by atoms with Gasteiger partial charge in [-0.3, -0.25) is 4.68 Å². The highest BCUT2D eigenvalue weighted by molar-refractivity contribution is 5.03. The molecule has 1 aromatic heterocycles. The van der Waals surface area contributed by atoms with Crippen molar-refractivity contribution < 1.29 is 9.47 Å². The predicted octanol–water partition coefficient (Wildman–Crippen LogP) is 0.214. The Hall–Kier alpha value is -0.910. The lowest BCUT2D eigenvalue weighted by Gasteiger charge is -2.14. The molecule has 1 atom stereocenters. The summed E-state index contributed by atoms with van der Waals surface area (Å²) in [4.78, 5) is 0. The van der Waals surface area contributed by atoms with Crippen LogP contribution in [0.25, 0.3) is 0 Å². The second-order valence-corrected chi connectivity index (χ2v) is 3.79. The van der Waals surface area contributed by atoms with Crippen LogP contribution in [0, 0.1) is 0 Å². The Balaban J connectivity index is 2.11. The number of rotatable bonds is 8. The molecule has 16 heavy (non-hydrogen) atoms. The Morgan fingerprint density at radius 1 is 1.50 bits per heavy atom. The molecule has 0 saturated heterocycles. The van der Waals surface area contributed by atoms with Crippen molar-refractivity contribution in [1.29, 1.82) is 0 Å². The van der Waals surface area contributed by atoms with Gasteiger partial charge in [-0.15, -0.1) is 0 Å². The van der Waals surface area contributed by atoms with E-state index >= 15 is 0 Å². The predicted molar refractivity (Wildman–Crippen MR) is 62.5 cm³/mol. The van der Waals surface area contributed by atoms with E-state index < -0.39 is 0 Å². The zero-order valence-corrected chi connectivity index (χ0v) is 10.3. The van der Waals surface area contributed by atoms with Gasteiger partial charge in [-0.25, -0.2) is 0 Å². The van der Waals surface area contributed by atoms with Crippen molar-refractivity contribution in [3.63, 3.8) is 0 Å². The minimum atomic E-state index is 0.124. The van der Waals surface area contributed by atoms with Crippen molar-refractivity contribution in [2.24, 2.45) is 7.05 Å². The van der Waals surface area contributed by atoms with E-state index in [1.807, 2.05) is 24.1 Å². The Kier molecular flexibility index (Phi) is 6.07. The molecular weight excluding hydrogens is 206 g/mol. The summed E-state index contributed by atoms with van der Waals surface area (Å²) in [7, 11) is 5.31. The van der Waals surface area contributed by atoms with Crippen LogP contribution in [0.15, 0.2) is 12.4 Å². The fourth-order valence-corrected chi connectivity index (χ4v) is 1.49. The zero-order valence-electron chi connectivity index (χ0n) is 10.3. The molecule has 0 aliphatic heterocycles. The van der Waals surface area contributed by atoms with Gasteiger partial charge in [0.1, 0.15) is 0 Å². The maximum atomic E-state index is 5.24. The lowest BCUT2D eigenvalue weighted by atomic mass is 10.2. The minimum absolute atomic E-state index is 0.124. The van der Waals surface area contributed by atoms with E-state index in [0.717, 1.165) is 19.5 Å². The summed E-state index contributed by atoms with van der Waals surface area (Å²) in [5, 5.41) is 7.46. The third-order valence-electron chi connectivity index (χ3n) is 2.41. The number of aromatic nitrogens is 2. The molecule has 0 amide bonds. The molecule has 1 unspecified atom stereocenters. The summed E-state index contributed by atoms with van der Waals surface area (Å²) in [5.41, 5.74) is 1.25. The number of hydrogen-bond acceptors (Lipinski definition) is 4. The first-order valence-electron chi connectivity index (χ1n) is 5.46. The van der Waals surface area contributed by atoms with Crippen molar-refractivity contribution in [2.45, 2.75) is 12.5 Å². The first-order valence-corrected chi connectivity index (χ1v) is 5.46. The van der Waals surface area contributed by atoms with E-state index in [1.54, 1.807) is 14.2 Å². The van der Waals surface area contributed by atoms with Crippen LogP contribution in [-0.2, 0) is 22.9 Å². The van der Waals surface area contributed by atoms with E-state index in [0.29, 0.717) is 6.61 Å². The van der Waals surface area contributed by atoms with Gasteiger partial charge in [0.2, 0.25) is 0 Å². The Morgan fingerprint density at radius 3 is 2.88 bits per heavy atom. The smallest absolute Gasteiger partial charge is 0.0928 e. The first kappa shape index (κ1) is 13.2. The molecule has 1 rings (SSSR count). The topological polar surface area (TPSA) is 48.3 Å². The first-order chi connectivity index (χ1) is 7.76. The van der Waals surface area contributed by atoms with E-state index in [9.17, 15) is 0 Å². The number of ether oxygens (including phenoxy) is 2. The quantitative estimate of drug-likeness (QED) is 0.645. The Bertz CT molecular complexity index is 289. The lowest BCUT2D eigenvalue weighted by Crippen LogP contribution is -2.32. The van der Waals surface area contributed by atoms with Crippen molar-refractivity contribution in [2.75, 3.05) is 33.9 Å². The molecule has 0 bridgehead atoms. The average Bonchev–Trinajstić information content (AvgIpc) is 2.69. The van der Waals surface area contributed by atoms with Gasteiger partial charge in [-0.05, 0) is 18.5 Å². The molecule has 0 aliphatic rings. The highest BCUT2D eigenvalue weighted by Crippen LogP contribution is 1.96. The number of nitrogens with zero attached hydrogens (tertiary/aromatic N) is 2. The van der Waals surface area contributed by atoms with Crippen LogP contribution in [0.5, 0.6) is 0 Å². The van der Waals surface area contributed by atoms with E-state index in [2.05, 4.69) is 10.4 Å². The average molecular weight is 227 g/mol. The maximum Gasteiger partial charge on any atom is 0.0928 e. The van der Waals surface area contributed by atoms with Crippen molar-refractivity contribution in [1.82, 2.24) is 15.1 Å². The molecule has 1 aromatic rings. The van der Waals surface area contributed by atoms with E-state index in [1.165, 1.54) is 5.56 Å². The number of nitrogens with one attached hydrogen (secondary N) is 1. The molecular formula is C11H21N3O2. The van der Waals surface area contributed by atoms with Gasteiger partial charge in [0.15, 0.2) is 0 Å². The maximum absolute atomic E-state index is 5.24. The van der Waals surface area contributed by atoms with Crippen LogP contribution < -0.4 is 5.32 Å².